The van der Waals surface area contributed by atoms with E-state index < -0.39 is 6.09 Å². The van der Waals surface area contributed by atoms with Crippen molar-refractivity contribution < 1.29 is 14.7 Å². The highest BCUT2D eigenvalue weighted by Gasteiger charge is 2.24. The number of nitrogens with one attached hydrogen (secondary N) is 2. The average molecular weight is 297 g/mol. The molecule has 0 aromatic heterocycles. The first kappa shape index (κ1) is 14.7. The lowest BCUT2D eigenvalue weighted by Crippen LogP contribution is -2.43. The van der Waals surface area contributed by atoms with Gasteiger partial charge in [-0.1, -0.05) is 23.7 Å². The molecule has 0 spiro atoms. The zero-order valence-electron chi connectivity index (χ0n) is 10.9. The van der Waals surface area contributed by atoms with Gasteiger partial charge in [0.15, 0.2) is 0 Å². The van der Waals surface area contributed by atoms with E-state index >= 15 is 0 Å². The number of benzene rings is 1. The zero-order valence-corrected chi connectivity index (χ0v) is 11.7. The van der Waals surface area contributed by atoms with Crippen LogP contribution in [0.5, 0.6) is 0 Å². The minimum atomic E-state index is -0.992. The van der Waals surface area contributed by atoms with E-state index in [1.807, 2.05) is 0 Å². The van der Waals surface area contributed by atoms with E-state index in [1.54, 1.807) is 24.3 Å². The molecule has 2 amide bonds. The van der Waals surface area contributed by atoms with Gasteiger partial charge in [0.25, 0.3) is 5.91 Å². The number of carbonyl (C=O) groups is 2. The van der Waals surface area contributed by atoms with Gasteiger partial charge >= 0.3 is 6.09 Å². The Balaban J connectivity index is 1.85. The number of amides is 2. The van der Waals surface area contributed by atoms with Crippen LogP contribution in [0, 0.1) is 0 Å². The Labute approximate surface area is 122 Å². The van der Waals surface area contributed by atoms with Crippen molar-refractivity contribution in [1.29, 1.82) is 0 Å². The normalized spacial score (nSPS) is 22.1. The molecule has 1 aromatic rings. The Bertz CT molecular complexity index is 499. The summed E-state index contributed by atoms with van der Waals surface area (Å²) in [5, 5.41) is 14.5. The van der Waals surface area contributed by atoms with Crippen molar-refractivity contribution in [3.8, 4) is 0 Å². The lowest BCUT2D eigenvalue weighted by Gasteiger charge is -2.29. The van der Waals surface area contributed by atoms with Gasteiger partial charge in [0, 0.05) is 12.1 Å². The topological polar surface area (TPSA) is 78.4 Å². The Hall–Kier alpha value is -1.75. The van der Waals surface area contributed by atoms with Crippen molar-refractivity contribution in [2.75, 3.05) is 0 Å². The van der Waals surface area contributed by atoms with E-state index in [0.29, 0.717) is 10.6 Å². The Morgan fingerprint density at radius 3 is 2.15 bits per heavy atom. The van der Waals surface area contributed by atoms with Crippen molar-refractivity contribution in [2.45, 2.75) is 37.8 Å². The molecule has 1 saturated carbocycles. The van der Waals surface area contributed by atoms with Gasteiger partial charge in [-0.2, -0.15) is 0 Å². The van der Waals surface area contributed by atoms with E-state index in [1.165, 1.54) is 0 Å². The van der Waals surface area contributed by atoms with Crippen LogP contribution >= 0.6 is 11.6 Å². The lowest BCUT2D eigenvalue weighted by molar-refractivity contribution is 0.0923. The van der Waals surface area contributed by atoms with Gasteiger partial charge in [0.2, 0.25) is 0 Å². The summed E-state index contributed by atoms with van der Waals surface area (Å²) < 4.78 is 0. The summed E-state index contributed by atoms with van der Waals surface area (Å²) in [6, 6.07) is 6.99. The minimum Gasteiger partial charge on any atom is -0.465 e. The molecule has 3 N–H and O–H groups in total. The van der Waals surface area contributed by atoms with Crippen molar-refractivity contribution in [3.05, 3.63) is 34.9 Å². The quantitative estimate of drug-likeness (QED) is 0.802. The fourth-order valence-electron chi connectivity index (χ4n) is 2.47. The second kappa shape index (κ2) is 6.61. The lowest BCUT2D eigenvalue weighted by atomic mass is 9.91. The largest absolute Gasteiger partial charge is 0.465 e. The summed E-state index contributed by atoms with van der Waals surface area (Å²) in [6.07, 6.45) is 2.01. The third-order valence-electron chi connectivity index (χ3n) is 3.51. The fraction of sp³-hybridized carbons (Fsp3) is 0.429. The van der Waals surface area contributed by atoms with E-state index in [4.69, 9.17) is 16.7 Å². The van der Waals surface area contributed by atoms with Crippen LogP contribution in [0.1, 0.15) is 36.0 Å². The van der Waals surface area contributed by atoms with Gasteiger partial charge in [-0.15, -0.1) is 0 Å². The number of carbonyl (C=O) groups excluding carboxylic acids is 1. The number of rotatable bonds is 3. The van der Waals surface area contributed by atoms with Crippen molar-refractivity contribution >= 4 is 23.6 Å². The molecule has 5 nitrogen and oxygen atoms in total. The molecule has 1 fully saturated rings. The molecule has 0 unspecified atom stereocenters. The molecular formula is C14H17ClN2O3. The molecular weight excluding hydrogens is 280 g/mol. The Kier molecular flexibility index (Phi) is 4.84. The SMILES string of the molecule is O=C(O)N[C@H]1CC[C@H](NC(=O)c2ccccc2Cl)CC1. The Morgan fingerprint density at radius 1 is 1.05 bits per heavy atom. The first-order chi connectivity index (χ1) is 9.56. The average Bonchev–Trinajstić information content (AvgIpc) is 2.41. The molecule has 108 valence electrons. The number of carboxylic acid groups (broad SMARTS) is 1. The van der Waals surface area contributed by atoms with Crippen molar-refractivity contribution in [2.24, 2.45) is 0 Å². The van der Waals surface area contributed by atoms with Crippen molar-refractivity contribution in [3.63, 3.8) is 0 Å². The summed E-state index contributed by atoms with van der Waals surface area (Å²) in [6.45, 7) is 0. The smallest absolute Gasteiger partial charge is 0.404 e. The van der Waals surface area contributed by atoms with Crippen LogP contribution in [0.25, 0.3) is 0 Å². The third-order valence-corrected chi connectivity index (χ3v) is 3.84. The zero-order chi connectivity index (χ0) is 14.5. The molecule has 0 heterocycles. The van der Waals surface area contributed by atoms with Crippen LogP contribution in [0.4, 0.5) is 4.79 Å². The summed E-state index contributed by atoms with van der Waals surface area (Å²) >= 11 is 5.98. The van der Waals surface area contributed by atoms with Crippen LogP contribution in [-0.4, -0.2) is 29.2 Å². The second-order valence-electron chi connectivity index (χ2n) is 4.95. The second-order valence-corrected chi connectivity index (χ2v) is 5.36. The van der Waals surface area contributed by atoms with Crippen LogP contribution < -0.4 is 10.6 Å². The molecule has 1 aliphatic carbocycles. The standard InChI is InChI=1S/C14H17ClN2O3/c15-12-4-2-1-3-11(12)13(18)16-9-5-7-10(8-6-9)17-14(19)20/h1-4,9-10,17H,5-8H2,(H,16,18)(H,19,20)/t9-,10-. The monoisotopic (exact) mass is 296 g/mol. The van der Waals surface area contributed by atoms with Gasteiger partial charge in [0.1, 0.15) is 0 Å². The van der Waals surface area contributed by atoms with Crippen LogP contribution in [0.3, 0.4) is 0 Å². The van der Waals surface area contributed by atoms with E-state index in [0.717, 1.165) is 25.7 Å². The maximum Gasteiger partial charge on any atom is 0.404 e. The molecule has 6 heteroatoms. The molecule has 0 bridgehead atoms. The molecule has 2 rings (SSSR count). The van der Waals surface area contributed by atoms with E-state index in [9.17, 15) is 9.59 Å². The highest BCUT2D eigenvalue weighted by Crippen LogP contribution is 2.20. The highest BCUT2D eigenvalue weighted by atomic mass is 35.5. The molecule has 0 radical (unpaired) electrons. The molecule has 0 atom stereocenters. The van der Waals surface area contributed by atoms with Gasteiger partial charge in [0.05, 0.1) is 10.6 Å². The molecule has 0 saturated heterocycles. The van der Waals surface area contributed by atoms with E-state index in [2.05, 4.69) is 10.6 Å². The fourth-order valence-corrected chi connectivity index (χ4v) is 2.69. The number of halogens is 1. The van der Waals surface area contributed by atoms with E-state index in [-0.39, 0.29) is 18.0 Å². The highest BCUT2D eigenvalue weighted by molar-refractivity contribution is 6.33. The summed E-state index contributed by atoms with van der Waals surface area (Å²) in [7, 11) is 0. The maximum atomic E-state index is 12.1. The van der Waals surface area contributed by atoms with Gasteiger partial charge in [-0.3, -0.25) is 4.79 Å². The molecule has 20 heavy (non-hydrogen) atoms. The molecule has 1 aromatic carbocycles. The van der Waals surface area contributed by atoms with Crippen molar-refractivity contribution in [1.82, 2.24) is 10.6 Å². The maximum absolute atomic E-state index is 12.1. The van der Waals surface area contributed by atoms with Crippen LogP contribution in [0.2, 0.25) is 5.02 Å². The Morgan fingerprint density at radius 2 is 1.60 bits per heavy atom. The first-order valence-electron chi connectivity index (χ1n) is 6.61. The molecule has 1 aliphatic rings. The summed E-state index contributed by atoms with van der Waals surface area (Å²) in [5.74, 6) is -0.176. The predicted molar refractivity (Wildman–Crippen MR) is 76.1 cm³/mol. The van der Waals surface area contributed by atoms with Gasteiger partial charge in [-0.25, -0.2) is 4.79 Å². The number of hydrogen-bond acceptors (Lipinski definition) is 2. The predicted octanol–water partition coefficient (Wildman–Crippen LogP) is 2.65. The van der Waals surface area contributed by atoms with Gasteiger partial charge < -0.3 is 15.7 Å². The number of hydrogen-bond donors (Lipinski definition) is 3. The molecule has 0 aliphatic heterocycles. The van der Waals surface area contributed by atoms with Crippen LogP contribution in [0.15, 0.2) is 24.3 Å². The van der Waals surface area contributed by atoms with Gasteiger partial charge in [-0.05, 0) is 37.8 Å². The summed E-state index contributed by atoms with van der Waals surface area (Å²) in [5.41, 5.74) is 0.472. The van der Waals surface area contributed by atoms with Crippen LogP contribution in [-0.2, 0) is 0 Å². The minimum absolute atomic E-state index is 0.0130. The first-order valence-corrected chi connectivity index (χ1v) is 6.99. The summed E-state index contributed by atoms with van der Waals surface area (Å²) in [4.78, 5) is 22.6. The third kappa shape index (κ3) is 3.87.